The van der Waals surface area contributed by atoms with Gasteiger partial charge in [0.05, 0.1) is 0 Å². The van der Waals surface area contributed by atoms with Crippen molar-refractivity contribution in [2.45, 2.75) is 362 Å². The topological polar surface area (TPSA) is 199 Å². The molecule has 1 aliphatic rings. The van der Waals surface area contributed by atoms with E-state index < -0.39 is 24.4 Å². The van der Waals surface area contributed by atoms with Crippen LogP contribution in [0.25, 0.3) is 0 Å². The first kappa shape index (κ1) is 91.6. The highest BCUT2D eigenvalue weighted by Crippen LogP contribution is 2.26. The lowest BCUT2D eigenvalue weighted by molar-refractivity contribution is -0.148. The summed E-state index contributed by atoms with van der Waals surface area (Å²) in [6, 6.07) is 0. The van der Waals surface area contributed by atoms with Crippen molar-refractivity contribution in [3.05, 3.63) is 0 Å². The number of ether oxygens (including phenoxy) is 4. The van der Waals surface area contributed by atoms with Gasteiger partial charge in [-0.1, -0.05) is 274 Å². The van der Waals surface area contributed by atoms with E-state index in [1.165, 1.54) is 167 Å². The number of hydrogen-bond donors (Lipinski definition) is 4. The normalized spacial score (nSPS) is 16.2. The number of unbranched alkanes of at least 4 members (excludes halogenated alkanes) is 14. The summed E-state index contributed by atoms with van der Waals surface area (Å²) >= 11 is 0. The fraction of sp³-hybridized carbons (Fsp3) is 0.950. The molecule has 0 saturated carbocycles. The second-order valence-corrected chi connectivity index (χ2v) is 29.5. The van der Waals surface area contributed by atoms with E-state index in [1.807, 2.05) is 0 Å². The largest absolute Gasteiger partial charge is 0.463 e. The highest BCUT2D eigenvalue weighted by atomic mass is 16.6. The molecule has 1 heterocycles. The van der Waals surface area contributed by atoms with E-state index in [9.17, 15) is 39.6 Å². The average molecular weight is 1370 g/mol. The standard InChI is InChI=1S/C80H156N4O12/c1-9-17-26-44-72(43-16-8)48-30-21-25-34-52-80(92)96-68-76(88)64-84-56-36-55-82(62-74(86)66-94-78(90)50-32-23-19-28-46-70(39-12-4)40-13-5)58-57-81(61-73(85)65-93-77(89)49-31-22-18-27-45-69(37-10-2)38-11-3)53-35-54-83(59-60-84)63-75(87)67-95-79(91)51-33-24-20-29-47-71(41-14-6)42-15-7/h69-76,85-88H,9-68H2,1-8H3. The maximum atomic E-state index is 13.0. The molecule has 0 aromatic heterocycles. The van der Waals surface area contributed by atoms with E-state index in [-0.39, 0.29) is 76.5 Å². The fourth-order valence-corrected chi connectivity index (χ4v) is 14.7. The minimum atomic E-state index is -0.923. The van der Waals surface area contributed by atoms with Crippen molar-refractivity contribution >= 4 is 23.9 Å². The molecule has 5 atom stereocenters. The highest BCUT2D eigenvalue weighted by Gasteiger charge is 2.24. The van der Waals surface area contributed by atoms with Gasteiger partial charge in [0.2, 0.25) is 0 Å². The molecule has 568 valence electrons. The fourth-order valence-electron chi connectivity index (χ4n) is 14.7. The van der Waals surface area contributed by atoms with Crippen molar-refractivity contribution in [1.82, 2.24) is 19.6 Å². The van der Waals surface area contributed by atoms with Crippen LogP contribution in [0.1, 0.15) is 338 Å². The smallest absolute Gasteiger partial charge is 0.305 e. The zero-order chi connectivity index (χ0) is 70.5. The second-order valence-electron chi connectivity index (χ2n) is 29.5. The van der Waals surface area contributed by atoms with Crippen LogP contribution in [0.4, 0.5) is 0 Å². The van der Waals surface area contributed by atoms with Crippen LogP contribution in [0, 0.1) is 23.7 Å². The van der Waals surface area contributed by atoms with Crippen LogP contribution in [0.2, 0.25) is 0 Å². The van der Waals surface area contributed by atoms with Gasteiger partial charge in [-0.25, -0.2) is 0 Å². The Morgan fingerprint density at radius 2 is 0.458 bits per heavy atom. The number of nitrogens with zero attached hydrogens (tertiary/aromatic N) is 4. The van der Waals surface area contributed by atoms with E-state index in [1.54, 1.807) is 0 Å². The Hall–Kier alpha value is -2.44. The highest BCUT2D eigenvalue weighted by molar-refractivity contribution is 5.70. The Morgan fingerprint density at radius 1 is 0.260 bits per heavy atom. The van der Waals surface area contributed by atoms with E-state index in [4.69, 9.17) is 18.9 Å². The van der Waals surface area contributed by atoms with Gasteiger partial charge in [-0.05, 0) is 88.4 Å². The Bertz CT molecular complexity index is 1770. The summed E-state index contributed by atoms with van der Waals surface area (Å²) in [5.74, 6) is 2.03. The Kier molecular flexibility index (Phi) is 61.7. The maximum Gasteiger partial charge on any atom is 0.305 e. The minimum Gasteiger partial charge on any atom is -0.463 e. The van der Waals surface area contributed by atoms with Gasteiger partial charge in [-0.15, -0.1) is 0 Å². The predicted molar refractivity (Wildman–Crippen MR) is 396 cm³/mol. The molecule has 0 aromatic carbocycles. The Morgan fingerprint density at radius 3 is 0.667 bits per heavy atom. The quantitative estimate of drug-likeness (QED) is 0.0254. The second kappa shape index (κ2) is 64.6. The molecule has 1 fully saturated rings. The first-order valence-corrected chi connectivity index (χ1v) is 40.9. The lowest BCUT2D eigenvalue weighted by atomic mass is 9.91. The molecular formula is C80H156N4O12. The van der Waals surface area contributed by atoms with Gasteiger partial charge in [-0.3, -0.25) is 38.8 Å². The van der Waals surface area contributed by atoms with Crippen molar-refractivity contribution in [1.29, 1.82) is 0 Å². The number of carbonyl (C=O) groups excluding carboxylic acids is 4. The summed E-state index contributed by atoms with van der Waals surface area (Å²) in [5, 5.41) is 45.8. The summed E-state index contributed by atoms with van der Waals surface area (Å²) in [7, 11) is 0. The van der Waals surface area contributed by atoms with E-state index in [0.717, 1.165) is 101 Å². The van der Waals surface area contributed by atoms with Gasteiger partial charge >= 0.3 is 23.9 Å². The van der Waals surface area contributed by atoms with Crippen molar-refractivity contribution in [2.75, 3.05) is 105 Å². The molecule has 1 aliphatic heterocycles. The Balaban J connectivity index is 3.21. The zero-order valence-electron chi connectivity index (χ0n) is 63.9. The number of esters is 4. The molecule has 1 rings (SSSR count). The molecule has 5 unspecified atom stereocenters. The number of aliphatic hydroxyl groups is 4. The molecule has 0 aromatic rings. The molecule has 0 aliphatic carbocycles. The molecule has 1 saturated heterocycles. The molecule has 0 amide bonds. The monoisotopic (exact) mass is 1370 g/mol. The summed E-state index contributed by atoms with van der Waals surface area (Å²) < 4.78 is 22.7. The molecule has 96 heavy (non-hydrogen) atoms. The van der Waals surface area contributed by atoms with Crippen molar-refractivity contribution in [3.63, 3.8) is 0 Å². The first-order valence-electron chi connectivity index (χ1n) is 40.9. The van der Waals surface area contributed by atoms with Crippen molar-refractivity contribution < 1.29 is 58.6 Å². The summed E-state index contributed by atoms with van der Waals surface area (Å²) in [5.41, 5.74) is 0. The SMILES string of the molecule is CCCCCC(CCC)CCCCCCC(=O)OCC(O)CN1CCCN(CC(O)COC(=O)CCCCCCC(CCC)CCC)CCN(CC(O)COC(=O)CCCCCCC(CCC)CCC)CCCN(CC(O)COC(=O)CCCCCCC(CCC)CCC)CC1. The number of aliphatic hydroxyl groups excluding tert-OH is 4. The van der Waals surface area contributed by atoms with Crippen LogP contribution in [-0.4, -0.2) is 193 Å². The van der Waals surface area contributed by atoms with E-state index in [0.29, 0.717) is 90.9 Å². The lowest BCUT2D eigenvalue weighted by Gasteiger charge is -2.34. The minimum absolute atomic E-state index is 0.104. The number of rotatable bonds is 62. The Labute approximate surface area is 590 Å². The third-order valence-electron chi connectivity index (χ3n) is 20.1. The van der Waals surface area contributed by atoms with Gasteiger partial charge in [0.25, 0.3) is 0 Å². The van der Waals surface area contributed by atoms with Crippen LogP contribution < -0.4 is 0 Å². The van der Waals surface area contributed by atoms with E-state index >= 15 is 0 Å². The van der Waals surface area contributed by atoms with Crippen LogP contribution in [0.5, 0.6) is 0 Å². The molecule has 0 radical (unpaired) electrons. The van der Waals surface area contributed by atoms with Gasteiger partial charge in [-0.2, -0.15) is 0 Å². The number of carbonyl (C=O) groups is 4. The lowest BCUT2D eigenvalue weighted by Crippen LogP contribution is -2.47. The van der Waals surface area contributed by atoms with Crippen molar-refractivity contribution in [2.24, 2.45) is 23.7 Å². The molecule has 0 spiro atoms. The number of hydrogen-bond acceptors (Lipinski definition) is 16. The molecule has 16 nitrogen and oxygen atoms in total. The molecule has 0 bridgehead atoms. The van der Waals surface area contributed by atoms with E-state index in [2.05, 4.69) is 75.0 Å². The van der Waals surface area contributed by atoms with Crippen LogP contribution >= 0.6 is 0 Å². The molecule has 4 N–H and O–H groups in total. The first-order chi connectivity index (χ1) is 46.6. The summed E-state index contributed by atoms with van der Waals surface area (Å²) in [6.45, 7) is 23.2. The average Bonchev–Trinajstić information content (AvgIpc) is 2.36. The number of β-amino-alcohol motifs (C(OH)–C–C–N with tert-alkyl or cyclic N) is 4. The van der Waals surface area contributed by atoms with Gasteiger partial charge in [0.1, 0.15) is 50.8 Å². The third-order valence-corrected chi connectivity index (χ3v) is 20.1. The molecule has 16 heteroatoms. The molecular weight excluding hydrogens is 1210 g/mol. The van der Waals surface area contributed by atoms with Crippen LogP contribution in [-0.2, 0) is 38.1 Å². The summed E-state index contributed by atoms with van der Waals surface area (Å²) in [4.78, 5) is 60.6. The van der Waals surface area contributed by atoms with Gasteiger partial charge in [0.15, 0.2) is 0 Å². The van der Waals surface area contributed by atoms with Crippen LogP contribution in [0.15, 0.2) is 0 Å². The third kappa shape index (κ3) is 54.3. The predicted octanol–water partition coefficient (Wildman–Crippen LogP) is 16.6. The van der Waals surface area contributed by atoms with Crippen LogP contribution in [0.3, 0.4) is 0 Å². The van der Waals surface area contributed by atoms with Crippen molar-refractivity contribution in [3.8, 4) is 0 Å². The summed E-state index contributed by atoms with van der Waals surface area (Å²) in [6.07, 6.45) is 43.0. The maximum absolute atomic E-state index is 13.0. The zero-order valence-corrected chi connectivity index (χ0v) is 63.9. The van der Waals surface area contributed by atoms with Gasteiger partial charge in [0, 0.05) is 78.0 Å². The van der Waals surface area contributed by atoms with Gasteiger partial charge < -0.3 is 39.4 Å².